The third-order valence-electron chi connectivity index (χ3n) is 4.38. The molecule has 0 aliphatic heterocycles. The molecule has 0 saturated carbocycles. The van der Waals surface area contributed by atoms with Gasteiger partial charge in [0.25, 0.3) is 10.0 Å². The lowest BCUT2D eigenvalue weighted by Gasteiger charge is -2.31. The van der Waals surface area contributed by atoms with Crippen molar-refractivity contribution in [2.75, 3.05) is 10.8 Å². The van der Waals surface area contributed by atoms with Crippen molar-refractivity contribution in [3.05, 3.63) is 57.5 Å². The maximum Gasteiger partial charge on any atom is 0.407 e. The predicted octanol–water partition coefficient (Wildman–Crippen LogP) is 6.54. The van der Waals surface area contributed by atoms with Crippen molar-refractivity contribution in [2.24, 2.45) is 0 Å². The molecule has 32 heavy (non-hydrogen) atoms. The van der Waals surface area contributed by atoms with E-state index >= 15 is 0 Å². The zero-order chi connectivity index (χ0) is 24.1. The number of carbonyl (C=O) groups is 1. The van der Waals surface area contributed by atoms with E-state index in [1.165, 1.54) is 34.6 Å². The third-order valence-corrected chi connectivity index (χ3v) is 7.13. The van der Waals surface area contributed by atoms with Gasteiger partial charge in [-0.1, -0.05) is 34.8 Å². The number of rotatable bonds is 8. The molecule has 1 atom stereocenters. The molecule has 2 aromatic carbocycles. The highest BCUT2D eigenvalue weighted by Crippen LogP contribution is 2.35. The number of nitrogens with one attached hydrogen (secondary N) is 1. The van der Waals surface area contributed by atoms with E-state index in [0.717, 1.165) is 0 Å². The number of nitrogens with zero attached hydrogens (tertiary/aromatic N) is 1. The monoisotopic (exact) mass is 520 g/mol. The lowest BCUT2D eigenvalue weighted by atomic mass is 10.1. The summed E-state index contributed by atoms with van der Waals surface area (Å²) in [7, 11) is -3.97. The molecule has 0 aromatic heterocycles. The van der Waals surface area contributed by atoms with Crippen LogP contribution in [0.15, 0.2) is 47.4 Å². The highest BCUT2D eigenvalue weighted by Gasteiger charge is 2.31. The maximum absolute atomic E-state index is 13.5. The molecule has 176 valence electrons. The van der Waals surface area contributed by atoms with Crippen LogP contribution in [0.5, 0.6) is 0 Å². The Morgan fingerprint density at radius 1 is 1.06 bits per heavy atom. The average molecular weight is 522 g/mol. The van der Waals surface area contributed by atoms with Gasteiger partial charge in [0.2, 0.25) is 0 Å². The van der Waals surface area contributed by atoms with Crippen LogP contribution in [0.25, 0.3) is 0 Å². The first-order valence-electron chi connectivity index (χ1n) is 10.0. The number of alkyl carbamates (subject to hydrolysis) is 1. The minimum atomic E-state index is -3.97. The Labute approximate surface area is 204 Å². The highest BCUT2D eigenvalue weighted by molar-refractivity contribution is 7.92. The summed E-state index contributed by atoms with van der Waals surface area (Å²) in [5.74, 6) is 0. The lowest BCUT2D eigenvalue weighted by Crippen LogP contribution is -2.39. The molecule has 2 rings (SSSR count). The first-order valence-corrected chi connectivity index (χ1v) is 12.6. The van der Waals surface area contributed by atoms with Crippen LogP contribution in [0.2, 0.25) is 15.1 Å². The highest BCUT2D eigenvalue weighted by atomic mass is 35.5. The number of benzene rings is 2. The lowest BCUT2D eigenvalue weighted by molar-refractivity contribution is 0.0526. The first kappa shape index (κ1) is 26.6. The SMILES string of the molecule is CC(CCCNC(=O)OC(C)(C)C)N(c1cc(Cl)ccc1Cl)S(=O)(=O)c1ccc(Cl)cc1. The van der Waals surface area contributed by atoms with E-state index < -0.39 is 27.8 Å². The van der Waals surface area contributed by atoms with Crippen LogP contribution in [0, 0.1) is 0 Å². The van der Waals surface area contributed by atoms with Gasteiger partial charge < -0.3 is 10.1 Å². The number of ether oxygens (including phenoxy) is 1. The van der Waals surface area contributed by atoms with Crippen LogP contribution >= 0.6 is 34.8 Å². The fourth-order valence-corrected chi connectivity index (χ4v) is 5.25. The molecule has 1 N–H and O–H groups in total. The van der Waals surface area contributed by atoms with Gasteiger partial charge in [0.15, 0.2) is 0 Å². The standard InChI is InChI=1S/C22H27Cl3N2O4S/c1-15(6-5-13-26-21(28)31-22(2,3)4)27(20-14-17(24)9-12-19(20)25)32(29,30)18-10-7-16(23)8-11-18/h7-12,14-15H,5-6,13H2,1-4H3,(H,26,28). The summed E-state index contributed by atoms with van der Waals surface area (Å²) in [6.45, 7) is 7.45. The van der Waals surface area contributed by atoms with Gasteiger partial charge in [-0.05, 0) is 83.0 Å². The van der Waals surface area contributed by atoms with Crippen LogP contribution in [0.3, 0.4) is 0 Å². The molecule has 1 unspecified atom stereocenters. The molecular formula is C22H27Cl3N2O4S. The van der Waals surface area contributed by atoms with E-state index in [2.05, 4.69) is 5.32 Å². The fraction of sp³-hybridized carbons (Fsp3) is 0.409. The Hall–Kier alpha value is -1.67. The molecule has 0 spiro atoms. The quantitative estimate of drug-likeness (QED) is 0.400. The molecule has 0 aliphatic carbocycles. The Morgan fingerprint density at radius 2 is 1.66 bits per heavy atom. The van der Waals surface area contributed by atoms with Crippen LogP contribution in [-0.4, -0.2) is 32.7 Å². The second kappa shape index (κ2) is 11.0. The van der Waals surface area contributed by atoms with Crippen LogP contribution < -0.4 is 9.62 Å². The summed E-state index contributed by atoms with van der Waals surface area (Å²) in [6, 6.07) is 10.1. The van der Waals surface area contributed by atoms with Crippen molar-refractivity contribution in [3.8, 4) is 0 Å². The number of halogens is 3. The number of hydrogen-bond donors (Lipinski definition) is 1. The Kier molecular flexibility index (Phi) is 9.11. The van der Waals surface area contributed by atoms with Gasteiger partial charge in [0.05, 0.1) is 15.6 Å². The number of hydrogen-bond acceptors (Lipinski definition) is 4. The number of anilines is 1. The van der Waals surface area contributed by atoms with Gasteiger partial charge in [0, 0.05) is 22.6 Å². The van der Waals surface area contributed by atoms with Gasteiger partial charge in [-0.3, -0.25) is 4.31 Å². The van der Waals surface area contributed by atoms with E-state index in [1.54, 1.807) is 39.8 Å². The van der Waals surface area contributed by atoms with E-state index in [-0.39, 0.29) is 15.6 Å². The molecular weight excluding hydrogens is 495 g/mol. The molecule has 0 aliphatic rings. The van der Waals surface area contributed by atoms with Crippen LogP contribution in [-0.2, 0) is 14.8 Å². The van der Waals surface area contributed by atoms with Gasteiger partial charge >= 0.3 is 6.09 Å². The van der Waals surface area contributed by atoms with Crippen molar-refractivity contribution in [2.45, 2.75) is 57.1 Å². The van der Waals surface area contributed by atoms with Crippen molar-refractivity contribution < 1.29 is 17.9 Å². The Bertz CT molecular complexity index is 1040. The smallest absolute Gasteiger partial charge is 0.407 e. The van der Waals surface area contributed by atoms with E-state index in [1.807, 2.05) is 0 Å². The molecule has 2 aromatic rings. The molecule has 0 fully saturated rings. The van der Waals surface area contributed by atoms with Crippen LogP contribution in [0.4, 0.5) is 10.5 Å². The predicted molar refractivity (Wildman–Crippen MR) is 131 cm³/mol. The zero-order valence-corrected chi connectivity index (χ0v) is 21.4. The van der Waals surface area contributed by atoms with E-state index in [0.29, 0.717) is 29.4 Å². The molecule has 0 heterocycles. The topological polar surface area (TPSA) is 75.7 Å². The number of amides is 1. The largest absolute Gasteiger partial charge is 0.444 e. The van der Waals surface area contributed by atoms with Crippen molar-refractivity contribution in [3.63, 3.8) is 0 Å². The minimum absolute atomic E-state index is 0.0803. The first-order chi connectivity index (χ1) is 14.8. The summed E-state index contributed by atoms with van der Waals surface area (Å²) in [5, 5.41) is 3.72. The van der Waals surface area contributed by atoms with Gasteiger partial charge in [-0.15, -0.1) is 0 Å². The Morgan fingerprint density at radius 3 is 2.25 bits per heavy atom. The summed E-state index contributed by atoms with van der Waals surface area (Å²) in [5.41, 5.74) is -0.314. The minimum Gasteiger partial charge on any atom is -0.444 e. The second-order valence-electron chi connectivity index (χ2n) is 8.27. The van der Waals surface area contributed by atoms with Crippen molar-refractivity contribution in [1.29, 1.82) is 0 Å². The van der Waals surface area contributed by atoms with Crippen LogP contribution in [0.1, 0.15) is 40.5 Å². The zero-order valence-electron chi connectivity index (χ0n) is 18.4. The van der Waals surface area contributed by atoms with Crippen molar-refractivity contribution in [1.82, 2.24) is 5.32 Å². The maximum atomic E-state index is 13.5. The average Bonchev–Trinajstić information content (AvgIpc) is 2.67. The summed E-state index contributed by atoms with van der Waals surface area (Å²) in [6.07, 6.45) is 0.449. The molecule has 10 heteroatoms. The molecule has 0 bridgehead atoms. The van der Waals surface area contributed by atoms with E-state index in [4.69, 9.17) is 39.5 Å². The summed E-state index contributed by atoms with van der Waals surface area (Å²) >= 11 is 18.4. The fourth-order valence-electron chi connectivity index (χ4n) is 3.00. The second-order valence-corrected chi connectivity index (χ2v) is 11.4. The van der Waals surface area contributed by atoms with Gasteiger partial charge in [0.1, 0.15) is 5.60 Å². The third kappa shape index (κ3) is 7.44. The van der Waals surface area contributed by atoms with E-state index in [9.17, 15) is 13.2 Å². The molecule has 0 radical (unpaired) electrons. The van der Waals surface area contributed by atoms with Gasteiger partial charge in [-0.25, -0.2) is 13.2 Å². The summed E-state index contributed by atoms with van der Waals surface area (Å²) in [4.78, 5) is 11.9. The molecule has 6 nitrogen and oxygen atoms in total. The van der Waals surface area contributed by atoms with Gasteiger partial charge in [-0.2, -0.15) is 0 Å². The molecule has 1 amide bonds. The molecule has 0 saturated heterocycles. The normalized spacial score (nSPS) is 12.8. The van der Waals surface area contributed by atoms with Crippen molar-refractivity contribution >= 4 is 56.6 Å². The summed E-state index contributed by atoms with van der Waals surface area (Å²) < 4.78 is 33.6. The number of carbonyl (C=O) groups excluding carboxylic acids is 1. The Balaban J connectivity index is 2.24. The number of sulfonamides is 1.